The molecule has 1 saturated heterocycles. The van der Waals surface area contributed by atoms with E-state index in [9.17, 15) is 18.9 Å². The van der Waals surface area contributed by atoms with Gasteiger partial charge in [0.1, 0.15) is 0 Å². The van der Waals surface area contributed by atoms with Crippen LogP contribution in [0.4, 0.5) is 0 Å². The fourth-order valence-corrected chi connectivity index (χ4v) is 5.38. The topological polar surface area (TPSA) is 140 Å². The lowest BCUT2D eigenvalue weighted by molar-refractivity contribution is -0.141. The van der Waals surface area contributed by atoms with Gasteiger partial charge in [0.15, 0.2) is 11.2 Å². The van der Waals surface area contributed by atoms with Crippen molar-refractivity contribution in [3.05, 3.63) is 35.9 Å². The van der Waals surface area contributed by atoms with E-state index in [-0.39, 0.29) is 43.6 Å². The number of aliphatic hydroxyl groups excluding tert-OH is 1. The van der Waals surface area contributed by atoms with Gasteiger partial charge in [-0.25, -0.2) is 4.57 Å². The van der Waals surface area contributed by atoms with Crippen molar-refractivity contribution >= 4 is 36.5 Å². The lowest BCUT2D eigenvalue weighted by Gasteiger charge is -2.39. The third-order valence-electron chi connectivity index (χ3n) is 4.81. The van der Waals surface area contributed by atoms with Gasteiger partial charge in [-0.2, -0.15) is 0 Å². The van der Waals surface area contributed by atoms with Gasteiger partial charge in [0.2, 0.25) is 11.8 Å². The Balaban J connectivity index is 1.74. The molecule has 0 saturated carbocycles. The van der Waals surface area contributed by atoms with Gasteiger partial charge in [-0.15, -0.1) is 0 Å². The Morgan fingerprint density at radius 1 is 1.24 bits per heavy atom. The summed E-state index contributed by atoms with van der Waals surface area (Å²) in [5.74, 6) is -0.400. The molecule has 0 spiro atoms. The summed E-state index contributed by atoms with van der Waals surface area (Å²) in [5.41, 5.74) is 0.0270. The number of benzene rings is 1. The second-order valence-corrected chi connectivity index (χ2v) is 11.4. The van der Waals surface area contributed by atoms with E-state index in [1.165, 1.54) is 6.92 Å². The maximum atomic E-state index is 12.9. The second kappa shape index (κ2) is 13.4. The number of hydrogen-bond acceptors (Lipinski definition) is 9. The molecule has 1 aliphatic rings. The number of aliphatic hydroxyl groups is 1. The smallest absolute Gasteiger partial charge is 0.393 e. The van der Waals surface area contributed by atoms with Gasteiger partial charge in [-0.1, -0.05) is 55.9 Å². The van der Waals surface area contributed by atoms with Crippen molar-refractivity contribution in [1.82, 2.24) is 10.6 Å². The Hall–Kier alpha value is -1.75. The molecule has 2 rings (SSSR count). The first kappa shape index (κ1) is 28.5. The van der Waals surface area contributed by atoms with Gasteiger partial charge in [0, 0.05) is 37.1 Å². The van der Waals surface area contributed by atoms with Crippen LogP contribution in [0.25, 0.3) is 0 Å². The number of carbonyl (C=O) groups excluding carboxylic acids is 3. The van der Waals surface area contributed by atoms with Crippen molar-refractivity contribution in [2.75, 3.05) is 25.4 Å². The van der Waals surface area contributed by atoms with Crippen molar-refractivity contribution in [2.45, 2.75) is 52.4 Å². The minimum Gasteiger partial charge on any atom is -0.393 e. The fraction of sp³-hybridized carbons (Fsp3) is 0.591. The summed E-state index contributed by atoms with van der Waals surface area (Å²) >= 11 is 1.05. The number of rotatable bonds is 12. The summed E-state index contributed by atoms with van der Waals surface area (Å²) in [7, 11) is -3.94. The largest absolute Gasteiger partial charge is 0.475 e. The fourth-order valence-electron chi connectivity index (χ4n) is 2.96. The summed E-state index contributed by atoms with van der Waals surface area (Å²) in [5, 5.41) is 14.3. The Labute approximate surface area is 204 Å². The molecule has 0 radical (unpaired) electrons. The lowest BCUT2D eigenvalue weighted by Crippen LogP contribution is -2.50. The molecule has 0 bridgehead atoms. The number of thioether (sulfide) groups is 1. The zero-order valence-corrected chi connectivity index (χ0v) is 21.4. The third kappa shape index (κ3) is 9.85. The number of carbonyl (C=O) groups is 3. The molecule has 0 aliphatic carbocycles. The molecular weight excluding hydrogens is 483 g/mol. The number of nitrogens with one attached hydrogen (secondary N) is 2. The first-order valence-electron chi connectivity index (χ1n) is 11.0. The van der Waals surface area contributed by atoms with Crippen LogP contribution in [-0.4, -0.2) is 59.7 Å². The van der Waals surface area contributed by atoms with Gasteiger partial charge in [-0.3, -0.25) is 28.0 Å². The Morgan fingerprint density at radius 2 is 1.94 bits per heavy atom. The molecule has 0 aromatic heterocycles. The Kier molecular flexibility index (Phi) is 11.2. The Bertz CT molecular complexity index is 881. The minimum atomic E-state index is -3.94. The summed E-state index contributed by atoms with van der Waals surface area (Å²) in [4.78, 5) is 36.2. The van der Waals surface area contributed by atoms with E-state index in [0.29, 0.717) is 12.3 Å². The molecule has 1 unspecified atom stereocenters. The molecule has 1 aromatic carbocycles. The number of phosphoric acid groups is 1. The quantitative estimate of drug-likeness (QED) is 0.282. The third-order valence-corrected chi connectivity index (χ3v) is 7.07. The van der Waals surface area contributed by atoms with Gasteiger partial charge in [0.05, 0.1) is 19.3 Å². The highest BCUT2D eigenvalue weighted by Gasteiger charge is 2.49. The van der Waals surface area contributed by atoms with Crippen LogP contribution >= 0.6 is 19.6 Å². The summed E-state index contributed by atoms with van der Waals surface area (Å²) < 4.78 is 29.1. The second-order valence-electron chi connectivity index (χ2n) is 8.62. The van der Waals surface area contributed by atoms with Crippen molar-refractivity contribution in [3.8, 4) is 0 Å². The molecule has 3 atom stereocenters. The minimum absolute atomic E-state index is 0.00306. The highest BCUT2D eigenvalue weighted by Crippen LogP contribution is 2.57. The molecule has 1 fully saturated rings. The predicted octanol–water partition coefficient (Wildman–Crippen LogP) is 2.41. The molecule has 1 heterocycles. The molecule has 2 amide bonds. The summed E-state index contributed by atoms with van der Waals surface area (Å²) in [6.45, 7) is 5.41. The SMILES string of the molecule is C[C@@H](O)CC(=O)SCCNC(=O)CCNC(=O)[C@@H]1OP(=O)(OCc2ccccc2)OCC1(C)C. The van der Waals surface area contributed by atoms with E-state index in [1.807, 2.05) is 18.2 Å². The van der Waals surface area contributed by atoms with Gasteiger partial charge >= 0.3 is 7.82 Å². The van der Waals surface area contributed by atoms with E-state index >= 15 is 0 Å². The first-order chi connectivity index (χ1) is 16.0. The number of phosphoric ester groups is 1. The van der Waals surface area contributed by atoms with Gasteiger partial charge < -0.3 is 15.7 Å². The van der Waals surface area contributed by atoms with Gasteiger partial charge in [0.25, 0.3) is 0 Å². The molecule has 10 nitrogen and oxygen atoms in total. The van der Waals surface area contributed by atoms with Crippen LogP contribution in [0.5, 0.6) is 0 Å². The maximum Gasteiger partial charge on any atom is 0.475 e. The van der Waals surface area contributed by atoms with Crippen LogP contribution in [0.2, 0.25) is 0 Å². The van der Waals surface area contributed by atoms with E-state index in [2.05, 4.69) is 10.6 Å². The van der Waals surface area contributed by atoms with E-state index in [0.717, 1.165) is 17.3 Å². The van der Waals surface area contributed by atoms with E-state index in [4.69, 9.17) is 18.7 Å². The molecule has 34 heavy (non-hydrogen) atoms. The van der Waals surface area contributed by atoms with Crippen LogP contribution < -0.4 is 10.6 Å². The van der Waals surface area contributed by atoms with Crippen LogP contribution in [0.15, 0.2) is 30.3 Å². The zero-order chi connectivity index (χ0) is 25.2. The summed E-state index contributed by atoms with van der Waals surface area (Å²) in [6.07, 6.45) is -1.67. The molecule has 1 aliphatic heterocycles. The van der Waals surface area contributed by atoms with Crippen LogP contribution in [-0.2, 0) is 39.1 Å². The first-order valence-corrected chi connectivity index (χ1v) is 13.4. The van der Waals surface area contributed by atoms with Crippen LogP contribution in [0.1, 0.15) is 39.2 Å². The van der Waals surface area contributed by atoms with Crippen LogP contribution in [0.3, 0.4) is 0 Å². The molecule has 12 heteroatoms. The molecular formula is C22H33N2O8PS. The summed E-state index contributed by atoms with van der Waals surface area (Å²) in [6, 6.07) is 9.11. The van der Waals surface area contributed by atoms with Crippen LogP contribution in [0, 0.1) is 5.41 Å². The monoisotopic (exact) mass is 516 g/mol. The highest BCUT2D eigenvalue weighted by atomic mass is 32.2. The van der Waals surface area contributed by atoms with Crippen molar-refractivity contribution < 1.29 is 37.6 Å². The number of amides is 2. The average molecular weight is 517 g/mol. The predicted molar refractivity (Wildman–Crippen MR) is 128 cm³/mol. The average Bonchev–Trinajstić information content (AvgIpc) is 2.77. The highest BCUT2D eigenvalue weighted by molar-refractivity contribution is 8.13. The molecule has 3 N–H and O–H groups in total. The molecule has 1 aromatic rings. The van der Waals surface area contributed by atoms with E-state index < -0.39 is 31.4 Å². The lowest BCUT2D eigenvalue weighted by atomic mass is 9.87. The normalized spacial score (nSPS) is 22.5. The van der Waals surface area contributed by atoms with Crippen molar-refractivity contribution in [1.29, 1.82) is 0 Å². The van der Waals surface area contributed by atoms with Crippen molar-refractivity contribution in [3.63, 3.8) is 0 Å². The molecule has 190 valence electrons. The van der Waals surface area contributed by atoms with Gasteiger partial charge in [-0.05, 0) is 12.5 Å². The van der Waals surface area contributed by atoms with E-state index in [1.54, 1.807) is 26.0 Å². The Morgan fingerprint density at radius 3 is 2.62 bits per heavy atom. The van der Waals surface area contributed by atoms with Crippen molar-refractivity contribution in [2.24, 2.45) is 5.41 Å². The standard InChI is InChI=1S/C22H33N2O8PS/c1-16(25)13-19(27)34-12-11-23-18(26)9-10-24-21(28)20-22(2,3)15-31-33(29,32-20)30-14-17-7-5-4-6-8-17/h4-8,16,20,25H,9-15H2,1-3H3,(H,23,26)(H,24,28)/t16-,20+,33?/m1/s1. The number of hydrogen-bond donors (Lipinski definition) is 3. The zero-order valence-electron chi connectivity index (χ0n) is 19.7. The maximum absolute atomic E-state index is 12.9.